The zero-order valence-electron chi connectivity index (χ0n) is 25.1. The van der Waals surface area contributed by atoms with E-state index < -0.39 is 12.1 Å². The van der Waals surface area contributed by atoms with E-state index in [1.54, 1.807) is 0 Å². The average molecular weight is 551 g/mol. The fraction of sp³-hybridized carbons (Fsp3) is 0.531. The number of hydrogen-bond acceptors (Lipinski definition) is 5. The number of nitrogens with zero attached hydrogens (tertiary/aromatic N) is 2. The van der Waals surface area contributed by atoms with E-state index in [9.17, 15) is 14.4 Å². The third kappa shape index (κ3) is 7.99. The zero-order chi connectivity index (χ0) is 29.4. The highest BCUT2D eigenvalue weighted by molar-refractivity contribution is 5.95. The molecule has 1 aliphatic rings. The molecule has 2 aromatic carbocycles. The minimum absolute atomic E-state index is 0.0958. The molecule has 0 aliphatic carbocycles. The van der Waals surface area contributed by atoms with Crippen molar-refractivity contribution in [1.82, 2.24) is 10.2 Å². The van der Waals surface area contributed by atoms with Crippen LogP contribution in [-0.2, 0) is 19.7 Å². The molecule has 2 N–H and O–H groups in total. The SMILES string of the molecule is CCCN(CC(=O)Nc1ccc([C@H]2CCCN2c2ccc(C(C)(C)C)cc2)cc1)C(=O)C(NC(=O)OC)C(C)C. The van der Waals surface area contributed by atoms with Gasteiger partial charge in [0.15, 0.2) is 0 Å². The van der Waals surface area contributed by atoms with Crippen LogP contribution in [-0.4, -0.2) is 55.6 Å². The van der Waals surface area contributed by atoms with Crippen LogP contribution in [0.25, 0.3) is 0 Å². The van der Waals surface area contributed by atoms with E-state index in [1.807, 2.05) is 32.9 Å². The summed E-state index contributed by atoms with van der Waals surface area (Å²) in [4.78, 5) is 41.8. The van der Waals surface area contributed by atoms with Crippen molar-refractivity contribution < 1.29 is 19.1 Å². The van der Waals surface area contributed by atoms with E-state index >= 15 is 0 Å². The summed E-state index contributed by atoms with van der Waals surface area (Å²) in [7, 11) is 1.26. The quantitative estimate of drug-likeness (QED) is 0.385. The van der Waals surface area contributed by atoms with Gasteiger partial charge in [0.25, 0.3) is 0 Å². The van der Waals surface area contributed by atoms with Gasteiger partial charge in [0, 0.05) is 24.5 Å². The Balaban J connectivity index is 1.65. The third-order valence-electron chi connectivity index (χ3n) is 7.43. The minimum Gasteiger partial charge on any atom is -0.453 e. The molecule has 0 radical (unpaired) electrons. The Morgan fingerprint density at radius 2 is 1.70 bits per heavy atom. The van der Waals surface area contributed by atoms with Crippen LogP contribution < -0.4 is 15.5 Å². The Bertz CT molecular complexity index is 1140. The van der Waals surface area contributed by atoms with Crippen LogP contribution >= 0.6 is 0 Å². The number of hydrogen-bond donors (Lipinski definition) is 2. The van der Waals surface area contributed by atoms with Gasteiger partial charge >= 0.3 is 6.09 Å². The second-order valence-corrected chi connectivity index (χ2v) is 11.9. The molecule has 8 nitrogen and oxygen atoms in total. The van der Waals surface area contributed by atoms with Gasteiger partial charge in [-0.25, -0.2) is 4.79 Å². The first-order valence-corrected chi connectivity index (χ1v) is 14.3. The molecular weight excluding hydrogens is 504 g/mol. The molecule has 1 aliphatic heterocycles. The van der Waals surface area contributed by atoms with E-state index in [-0.39, 0.29) is 35.7 Å². The summed E-state index contributed by atoms with van der Waals surface area (Å²) in [6, 6.07) is 16.4. The number of alkyl carbamates (subject to hydrolysis) is 1. The maximum Gasteiger partial charge on any atom is 0.407 e. The topological polar surface area (TPSA) is 91.0 Å². The van der Waals surface area contributed by atoms with Crippen LogP contribution in [0, 0.1) is 5.92 Å². The van der Waals surface area contributed by atoms with Gasteiger partial charge in [0.1, 0.15) is 6.04 Å². The van der Waals surface area contributed by atoms with Crippen LogP contribution in [0.4, 0.5) is 16.2 Å². The molecule has 3 rings (SSSR count). The van der Waals surface area contributed by atoms with Gasteiger partial charge in [-0.2, -0.15) is 0 Å². The molecule has 0 spiro atoms. The highest BCUT2D eigenvalue weighted by Gasteiger charge is 2.30. The standard InChI is InChI=1S/C32H46N4O4/c1-8-19-35(30(38)29(22(2)3)34-31(39)40-7)21-28(37)33-25-15-11-23(12-16-25)27-10-9-20-36(27)26-17-13-24(14-18-26)32(4,5)6/h11-18,22,27,29H,8-10,19-21H2,1-7H3,(H,33,37)(H,34,39)/t27-,29?/m1/s1. The molecular formula is C32H46N4O4. The summed E-state index contributed by atoms with van der Waals surface area (Å²) >= 11 is 0. The first-order valence-electron chi connectivity index (χ1n) is 14.3. The predicted molar refractivity (Wildman–Crippen MR) is 161 cm³/mol. The lowest BCUT2D eigenvalue weighted by molar-refractivity contribution is -0.137. The van der Waals surface area contributed by atoms with E-state index in [0.29, 0.717) is 18.7 Å². The van der Waals surface area contributed by atoms with Crippen molar-refractivity contribution in [2.75, 3.05) is 37.0 Å². The maximum absolute atomic E-state index is 13.2. The molecule has 218 valence electrons. The molecule has 1 saturated heterocycles. The smallest absolute Gasteiger partial charge is 0.407 e. The number of benzene rings is 2. The van der Waals surface area contributed by atoms with E-state index in [1.165, 1.54) is 28.8 Å². The van der Waals surface area contributed by atoms with Crippen molar-refractivity contribution in [3.05, 3.63) is 59.7 Å². The van der Waals surface area contributed by atoms with Crippen LogP contribution in [0.15, 0.2) is 48.5 Å². The van der Waals surface area contributed by atoms with Crippen LogP contribution in [0.3, 0.4) is 0 Å². The lowest BCUT2D eigenvalue weighted by Crippen LogP contribution is -2.52. The second-order valence-electron chi connectivity index (χ2n) is 11.9. The Morgan fingerprint density at radius 1 is 1.05 bits per heavy atom. The summed E-state index contributed by atoms with van der Waals surface area (Å²) < 4.78 is 4.67. The highest BCUT2D eigenvalue weighted by atomic mass is 16.5. The molecule has 1 fully saturated rings. The Kier molecular flexibility index (Phi) is 10.6. The largest absolute Gasteiger partial charge is 0.453 e. The number of methoxy groups -OCH3 is 1. The first kappa shape index (κ1) is 31.0. The Labute approximate surface area is 239 Å². The van der Waals surface area contributed by atoms with Crippen LogP contribution in [0.5, 0.6) is 0 Å². The number of rotatable bonds is 10. The number of amides is 3. The molecule has 1 unspecified atom stereocenters. The molecule has 0 bridgehead atoms. The monoisotopic (exact) mass is 550 g/mol. The van der Waals surface area contributed by atoms with Crippen LogP contribution in [0.2, 0.25) is 0 Å². The maximum atomic E-state index is 13.2. The van der Waals surface area contributed by atoms with Crippen molar-refractivity contribution >= 4 is 29.3 Å². The van der Waals surface area contributed by atoms with Crippen LogP contribution in [0.1, 0.15) is 78.0 Å². The average Bonchev–Trinajstić information content (AvgIpc) is 3.41. The minimum atomic E-state index is -0.773. The van der Waals surface area contributed by atoms with Gasteiger partial charge in [-0.15, -0.1) is 0 Å². The summed E-state index contributed by atoms with van der Waals surface area (Å²) in [6.07, 6.45) is 2.23. The molecule has 40 heavy (non-hydrogen) atoms. The van der Waals surface area contributed by atoms with Crippen molar-refractivity contribution in [1.29, 1.82) is 0 Å². The molecule has 8 heteroatoms. The van der Waals surface area contributed by atoms with E-state index in [0.717, 1.165) is 19.4 Å². The summed E-state index contributed by atoms with van der Waals surface area (Å²) in [5, 5.41) is 5.53. The van der Waals surface area contributed by atoms with Crippen molar-refractivity contribution in [2.24, 2.45) is 5.92 Å². The van der Waals surface area contributed by atoms with Gasteiger partial charge in [0.2, 0.25) is 11.8 Å². The van der Waals surface area contributed by atoms with Crippen molar-refractivity contribution in [3.63, 3.8) is 0 Å². The lowest BCUT2D eigenvalue weighted by atomic mass is 9.87. The first-order chi connectivity index (χ1) is 18.9. The Hall–Kier alpha value is -3.55. The molecule has 0 aromatic heterocycles. The summed E-state index contributed by atoms with van der Waals surface area (Å²) in [6.45, 7) is 13.6. The number of carbonyl (C=O) groups excluding carboxylic acids is 3. The fourth-order valence-corrected chi connectivity index (χ4v) is 5.17. The molecule has 3 amide bonds. The Morgan fingerprint density at radius 3 is 2.25 bits per heavy atom. The van der Waals surface area contributed by atoms with Gasteiger partial charge in [-0.05, 0) is 66.0 Å². The number of nitrogens with one attached hydrogen (secondary N) is 2. The molecule has 1 heterocycles. The number of anilines is 2. The summed E-state index contributed by atoms with van der Waals surface area (Å²) in [5.41, 5.74) is 4.58. The highest BCUT2D eigenvalue weighted by Crippen LogP contribution is 2.37. The predicted octanol–water partition coefficient (Wildman–Crippen LogP) is 5.88. The zero-order valence-corrected chi connectivity index (χ0v) is 25.1. The molecule has 2 aromatic rings. The molecule has 0 saturated carbocycles. The van der Waals surface area contributed by atoms with E-state index in [4.69, 9.17) is 0 Å². The molecule has 2 atom stereocenters. The van der Waals surface area contributed by atoms with E-state index in [2.05, 4.69) is 77.4 Å². The van der Waals surface area contributed by atoms with Crippen molar-refractivity contribution in [3.8, 4) is 0 Å². The normalized spacial score (nSPS) is 16.0. The van der Waals surface area contributed by atoms with Crippen molar-refractivity contribution in [2.45, 2.75) is 78.3 Å². The fourth-order valence-electron chi connectivity index (χ4n) is 5.17. The number of ether oxygens (including phenoxy) is 1. The lowest BCUT2D eigenvalue weighted by Gasteiger charge is -2.29. The van der Waals surface area contributed by atoms with Gasteiger partial charge < -0.3 is 25.2 Å². The second kappa shape index (κ2) is 13.7. The van der Waals surface area contributed by atoms with Gasteiger partial charge in [0.05, 0.1) is 19.7 Å². The number of carbonyl (C=O) groups is 3. The van der Waals surface area contributed by atoms with Gasteiger partial charge in [-0.3, -0.25) is 9.59 Å². The van der Waals surface area contributed by atoms with Gasteiger partial charge in [-0.1, -0.05) is 65.8 Å². The summed E-state index contributed by atoms with van der Waals surface area (Å²) in [5.74, 6) is -0.741. The third-order valence-corrected chi connectivity index (χ3v) is 7.43.